The molecular weight excluding hydrogens is 430 g/mol. The summed E-state index contributed by atoms with van der Waals surface area (Å²) in [6.45, 7) is 7.48. The molecule has 9 heteroatoms. The van der Waals surface area contributed by atoms with E-state index in [0.29, 0.717) is 24.6 Å². The highest BCUT2D eigenvalue weighted by molar-refractivity contribution is 5.94. The number of carbonyl (C=O) groups is 1. The summed E-state index contributed by atoms with van der Waals surface area (Å²) in [7, 11) is 2.14. The number of likely N-dealkylation sites (N-methyl/N-ethyl adjacent to an activating group) is 1. The number of benzene rings is 1. The number of aromatic nitrogens is 4. The highest BCUT2D eigenvalue weighted by Crippen LogP contribution is 2.29. The number of ether oxygens (including phenoxy) is 1. The normalized spacial score (nSPS) is 17.9. The molecule has 0 atom stereocenters. The Kier molecular flexibility index (Phi) is 5.83. The van der Waals surface area contributed by atoms with Crippen molar-refractivity contribution < 1.29 is 9.53 Å². The molecule has 3 aromatic rings. The molecule has 0 unspecified atom stereocenters. The van der Waals surface area contributed by atoms with Crippen molar-refractivity contribution in [2.45, 2.75) is 45.2 Å². The number of anilines is 1. The second kappa shape index (κ2) is 8.81. The Bertz CT molecular complexity index is 1230. The van der Waals surface area contributed by atoms with Gasteiger partial charge in [0.25, 0.3) is 5.91 Å². The SMILES string of the molecule is Cc1cc(-c2cnc(N)c(-n3cc(C(=O)NC4(C)CCOCC4)cn3)n2)cc2c1CCN(C)C2. The van der Waals surface area contributed by atoms with Gasteiger partial charge in [-0.1, -0.05) is 0 Å². The average molecular weight is 462 g/mol. The molecule has 0 saturated carbocycles. The van der Waals surface area contributed by atoms with Crippen LogP contribution in [0.15, 0.2) is 30.7 Å². The van der Waals surface area contributed by atoms with Gasteiger partial charge in [0.2, 0.25) is 0 Å². The molecule has 1 aromatic carbocycles. The zero-order valence-corrected chi connectivity index (χ0v) is 20.0. The van der Waals surface area contributed by atoms with Crippen LogP contribution in [0.4, 0.5) is 5.82 Å². The number of aryl methyl sites for hydroxylation is 1. The van der Waals surface area contributed by atoms with Gasteiger partial charge >= 0.3 is 0 Å². The van der Waals surface area contributed by atoms with E-state index in [0.717, 1.165) is 43.6 Å². The van der Waals surface area contributed by atoms with E-state index in [1.54, 1.807) is 12.4 Å². The maximum absolute atomic E-state index is 12.9. The first-order valence-corrected chi connectivity index (χ1v) is 11.7. The standard InChI is InChI=1S/C25H31N7O2/c1-16-10-17(11-18-14-31(3)7-4-20(16)18)21-13-27-22(26)23(29-21)32-15-19(12-28-32)24(33)30-25(2)5-8-34-9-6-25/h10-13,15H,4-9,14H2,1-3H3,(H2,26,27)(H,30,33). The summed E-state index contributed by atoms with van der Waals surface area (Å²) in [5, 5.41) is 7.48. The lowest BCUT2D eigenvalue weighted by Gasteiger charge is -2.34. The molecular formula is C25H31N7O2. The topological polar surface area (TPSA) is 111 Å². The third-order valence-electron chi connectivity index (χ3n) is 6.90. The summed E-state index contributed by atoms with van der Waals surface area (Å²) in [6, 6.07) is 4.35. The number of rotatable bonds is 4. The van der Waals surface area contributed by atoms with Gasteiger partial charge in [-0.05, 0) is 69.0 Å². The number of hydrogen-bond donors (Lipinski definition) is 2. The van der Waals surface area contributed by atoms with E-state index in [9.17, 15) is 4.79 Å². The van der Waals surface area contributed by atoms with Crippen molar-refractivity contribution >= 4 is 11.7 Å². The second-order valence-electron chi connectivity index (χ2n) is 9.68. The minimum atomic E-state index is -0.283. The molecule has 1 fully saturated rings. The fourth-order valence-electron chi connectivity index (χ4n) is 4.75. The van der Waals surface area contributed by atoms with E-state index in [1.807, 2.05) is 6.92 Å². The van der Waals surface area contributed by atoms with Crippen molar-refractivity contribution in [2.24, 2.45) is 0 Å². The van der Waals surface area contributed by atoms with Crippen molar-refractivity contribution in [2.75, 3.05) is 32.5 Å². The number of nitrogens with one attached hydrogen (secondary N) is 1. The van der Waals surface area contributed by atoms with Crippen LogP contribution in [0, 0.1) is 6.92 Å². The van der Waals surface area contributed by atoms with Crippen molar-refractivity contribution in [1.29, 1.82) is 0 Å². The minimum absolute atomic E-state index is 0.173. The van der Waals surface area contributed by atoms with E-state index in [2.05, 4.69) is 46.4 Å². The lowest BCUT2D eigenvalue weighted by atomic mass is 9.92. The fraction of sp³-hybridized carbons (Fsp3) is 0.440. The van der Waals surface area contributed by atoms with E-state index in [1.165, 1.54) is 27.6 Å². The molecule has 9 nitrogen and oxygen atoms in total. The van der Waals surface area contributed by atoms with Crippen LogP contribution in [0.25, 0.3) is 17.1 Å². The molecule has 1 saturated heterocycles. The summed E-state index contributed by atoms with van der Waals surface area (Å²) in [4.78, 5) is 24.3. The van der Waals surface area contributed by atoms with Crippen molar-refractivity contribution in [3.63, 3.8) is 0 Å². The largest absolute Gasteiger partial charge is 0.381 e. The minimum Gasteiger partial charge on any atom is -0.381 e. The van der Waals surface area contributed by atoms with E-state index < -0.39 is 0 Å². The van der Waals surface area contributed by atoms with Crippen LogP contribution in [0.5, 0.6) is 0 Å². The first-order chi connectivity index (χ1) is 16.3. The van der Waals surface area contributed by atoms with Crippen LogP contribution in [0.3, 0.4) is 0 Å². The zero-order chi connectivity index (χ0) is 23.9. The molecule has 178 valence electrons. The molecule has 2 aliphatic rings. The van der Waals surface area contributed by atoms with Gasteiger partial charge in [-0.25, -0.2) is 14.6 Å². The lowest BCUT2D eigenvalue weighted by Crippen LogP contribution is -2.49. The average Bonchev–Trinajstić information content (AvgIpc) is 3.29. The van der Waals surface area contributed by atoms with Gasteiger partial charge in [0.1, 0.15) is 0 Å². The van der Waals surface area contributed by atoms with Crippen LogP contribution < -0.4 is 11.1 Å². The predicted molar refractivity (Wildman–Crippen MR) is 130 cm³/mol. The van der Waals surface area contributed by atoms with Gasteiger partial charge in [-0.3, -0.25) is 4.79 Å². The number of nitrogens with zero attached hydrogens (tertiary/aromatic N) is 5. The summed E-state index contributed by atoms with van der Waals surface area (Å²) in [6.07, 6.45) is 7.49. The molecule has 0 radical (unpaired) electrons. The monoisotopic (exact) mass is 461 g/mol. The Balaban J connectivity index is 1.42. The lowest BCUT2D eigenvalue weighted by molar-refractivity contribution is 0.0423. The third-order valence-corrected chi connectivity index (χ3v) is 6.90. The van der Waals surface area contributed by atoms with Crippen LogP contribution >= 0.6 is 0 Å². The highest BCUT2D eigenvalue weighted by atomic mass is 16.5. The molecule has 5 rings (SSSR count). The third kappa shape index (κ3) is 4.41. The highest BCUT2D eigenvalue weighted by Gasteiger charge is 2.30. The van der Waals surface area contributed by atoms with Gasteiger partial charge in [0.15, 0.2) is 11.6 Å². The number of carbonyl (C=O) groups excluding carboxylic acids is 1. The summed E-state index contributed by atoms with van der Waals surface area (Å²) in [5.74, 6) is 0.485. The van der Waals surface area contributed by atoms with Gasteiger partial charge in [-0.15, -0.1) is 0 Å². The molecule has 0 spiro atoms. The molecule has 0 aliphatic carbocycles. The fourth-order valence-corrected chi connectivity index (χ4v) is 4.75. The quantitative estimate of drug-likeness (QED) is 0.614. The Morgan fingerprint density at radius 1 is 1.24 bits per heavy atom. The van der Waals surface area contributed by atoms with Gasteiger partial charge in [0.05, 0.1) is 23.7 Å². The zero-order valence-electron chi connectivity index (χ0n) is 20.0. The predicted octanol–water partition coefficient (Wildman–Crippen LogP) is 2.51. The maximum atomic E-state index is 12.9. The summed E-state index contributed by atoms with van der Waals surface area (Å²) in [5.41, 5.74) is 12.1. The summed E-state index contributed by atoms with van der Waals surface area (Å²) < 4.78 is 6.94. The van der Waals surface area contributed by atoms with Gasteiger partial charge < -0.3 is 20.7 Å². The van der Waals surface area contributed by atoms with Crippen LogP contribution in [0.1, 0.15) is 46.8 Å². The van der Waals surface area contributed by atoms with Crippen molar-refractivity contribution in [3.05, 3.63) is 53.0 Å². The number of nitrogen functional groups attached to an aromatic ring is 1. The molecule has 1 amide bonds. The first kappa shape index (κ1) is 22.5. The molecule has 34 heavy (non-hydrogen) atoms. The van der Waals surface area contributed by atoms with Gasteiger partial charge in [-0.2, -0.15) is 5.10 Å². The number of hydrogen-bond acceptors (Lipinski definition) is 7. The van der Waals surface area contributed by atoms with Crippen molar-refractivity contribution in [3.8, 4) is 17.1 Å². The summed E-state index contributed by atoms with van der Waals surface area (Å²) >= 11 is 0. The van der Waals surface area contributed by atoms with Crippen LogP contribution in [-0.4, -0.2) is 62.9 Å². The smallest absolute Gasteiger partial charge is 0.254 e. The number of amides is 1. The molecule has 4 heterocycles. The number of nitrogens with two attached hydrogens (primary N) is 1. The van der Waals surface area contributed by atoms with Gasteiger partial charge in [0, 0.05) is 43.6 Å². The Hall–Kier alpha value is -3.30. The Morgan fingerprint density at radius 3 is 2.82 bits per heavy atom. The van der Waals surface area contributed by atoms with Crippen LogP contribution in [-0.2, 0) is 17.7 Å². The van der Waals surface area contributed by atoms with E-state index in [-0.39, 0.29) is 17.3 Å². The Labute approximate surface area is 199 Å². The first-order valence-electron chi connectivity index (χ1n) is 11.7. The second-order valence-corrected chi connectivity index (χ2v) is 9.68. The van der Waals surface area contributed by atoms with E-state index in [4.69, 9.17) is 15.5 Å². The van der Waals surface area contributed by atoms with Crippen molar-refractivity contribution in [1.82, 2.24) is 30.0 Å². The number of fused-ring (bicyclic) bond motifs is 1. The Morgan fingerprint density at radius 2 is 2.03 bits per heavy atom. The molecule has 3 N–H and O–H groups in total. The van der Waals surface area contributed by atoms with E-state index >= 15 is 0 Å². The molecule has 0 bridgehead atoms. The molecule has 2 aliphatic heterocycles. The van der Waals surface area contributed by atoms with Crippen LogP contribution in [0.2, 0.25) is 0 Å². The maximum Gasteiger partial charge on any atom is 0.254 e. The molecule has 2 aromatic heterocycles.